The minimum absolute atomic E-state index is 0.0432. The van der Waals surface area contributed by atoms with E-state index in [9.17, 15) is 9.59 Å². The molecule has 0 saturated carbocycles. The molecule has 0 radical (unpaired) electrons. The van der Waals surface area contributed by atoms with Gasteiger partial charge in [0.05, 0.1) is 6.04 Å². The Kier molecular flexibility index (Phi) is 5.36. The molecule has 1 N–H and O–H groups in total. The molecular formula is C21H32N6O2. The van der Waals surface area contributed by atoms with Crippen molar-refractivity contribution in [3.8, 4) is 0 Å². The van der Waals surface area contributed by atoms with Gasteiger partial charge in [-0.2, -0.15) is 4.98 Å². The molecule has 8 heteroatoms. The molecule has 158 valence electrons. The summed E-state index contributed by atoms with van der Waals surface area (Å²) in [5.41, 5.74) is 1.06. The molecular weight excluding hydrogens is 368 g/mol. The second-order valence-corrected chi connectivity index (χ2v) is 9.00. The first-order chi connectivity index (χ1) is 13.8. The van der Waals surface area contributed by atoms with Crippen molar-refractivity contribution in [1.82, 2.24) is 20.2 Å². The first-order valence-electron chi connectivity index (χ1n) is 10.7. The molecule has 2 bridgehead atoms. The number of aromatic nitrogens is 2. The number of nitrogens with one attached hydrogen (secondary N) is 1. The predicted molar refractivity (Wildman–Crippen MR) is 112 cm³/mol. The number of aryl methyl sites for hydroxylation is 1. The minimum Gasteiger partial charge on any atom is -0.362 e. The van der Waals surface area contributed by atoms with E-state index in [0.717, 1.165) is 49.7 Å². The van der Waals surface area contributed by atoms with Crippen molar-refractivity contribution in [2.24, 2.45) is 11.8 Å². The molecule has 4 heterocycles. The van der Waals surface area contributed by atoms with Gasteiger partial charge >= 0.3 is 0 Å². The molecule has 0 aromatic carbocycles. The van der Waals surface area contributed by atoms with Crippen molar-refractivity contribution >= 4 is 23.6 Å². The zero-order valence-corrected chi connectivity index (χ0v) is 17.9. The van der Waals surface area contributed by atoms with Crippen LogP contribution in [0.5, 0.6) is 0 Å². The number of nitrogens with zero attached hydrogens (tertiary/aromatic N) is 5. The molecule has 3 aliphatic heterocycles. The van der Waals surface area contributed by atoms with Crippen LogP contribution >= 0.6 is 0 Å². The highest BCUT2D eigenvalue weighted by molar-refractivity contribution is 5.78. The van der Waals surface area contributed by atoms with Crippen LogP contribution in [0.25, 0.3) is 0 Å². The lowest BCUT2D eigenvalue weighted by Gasteiger charge is -2.56. The van der Waals surface area contributed by atoms with E-state index < -0.39 is 0 Å². The van der Waals surface area contributed by atoms with Gasteiger partial charge in [0, 0.05) is 64.9 Å². The fourth-order valence-corrected chi connectivity index (χ4v) is 5.48. The van der Waals surface area contributed by atoms with E-state index in [0.29, 0.717) is 24.8 Å². The Morgan fingerprint density at radius 1 is 1.31 bits per heavy atom. The Morgan fingerprint density at radius 3 is 2.79 bits per heavy atom. The summed E-state index contributed by atoms with van der Waals surface area (Å²) < 4.78 is 0. The van der Waals surface area contributed by atoms with Gasteiger partial charge in [0.2, 0.25) is 17.8 Å². The maximum Gasteiger partial charge on any atom is 0.227 e. The number of hydrogen-bond acceptors (Lipinski definition) is 6. The van der Waals surface area contributed by atoms with E-state index in [1.807, 2.05) is 32.1 Å². The van der Waals surface area contributed by atoms with Crippen LogP contribution in [0.2, 0.25) is 0 Å². The van der Waals surface area contributed by atoms with Crippen LogP contribution in [0.3, 0.4) is 0 Å². The lowest BCUT2D eigenvalue weighted by Crippen LogP contribution is -2.67. The molecule has 3 fully saturated rings. The smallest absolute Gasteiger partial charge is 0.227 e. The third kappa shape index (κ3) is 3.76. The second-order valence-electron chi connectivity index (χ2n) is 9.00. The maximum absolute atomic E-state index is 12.8. The number of rotatable bonds is 4. The Bertz CT molecular complexity index is 797. The molecule has 1 aromatic heterocycles. The molecule has 0 unspecified atom stereocenters. The summed E-state index contributed by atoms with van der Waals surface area (Å²) in [5, 5.41) is 2.97. The summed E-state index contributed by atoms with van der Waals surface area (Å²) in [5.74, 6) is 2.66. The molecule has 3 saturated heterocycles. The van der Waals surface area contributed by atoms with Crippen molar-refractivity contribution in [2.75, 3.05) is 43.5 Å². The Morgan fingerprint density at radius 2 is 2.07 bits per heavy atom. The SMILES string of the molecule is CC(=O)NC[C@H]1[C@H]2C[C@H](CN(c3ncc(C)c(N(C)C)n3)C2)[C@@H]2CCCC(=O)N21. The van der Waals surface area contributed by atoms with Gasteiger partial charge in [-0.05, 0) is 38.0 Å². The van der Waals surface area contributed by atoms with Gasteiger partial charge in [-0.1, -0.05) is 0 Å². The van der Waals surface area contributed by atoms with E-state index in [2.05, 4.69) is 20.1 Å². The highest BCUT2D eigenvalue weighted by Gasteiger charge is 2.49. The van der Waals surface area contributed by atoms with Crippen molar-refractivity contribution in [3.63, 3.8) is 0 Å². The largest absolute Gasteiger partial charge is 0.362 e. The summed E-state index contributed by atoms with van der Waals surface area (Å²) in [6.07, 6.45) is 5.63. The summed E-state index contributed by atoms with van der Waals surface area (Å²) in [6, 6.07) is 0.308. The number of amides is 2. The Labute approximate surface area is 172 Å². The third-order valence-electron chi connectivity index (χ3n) is 6.70. The van der Waals surface area contributed by atoms with Crippen LogP contribution < -0.4 is 15.1 Å². The summed E-state index contributed by atoms with van der Waals surface area (Å²) in [6.45, 7) is 5.79. The van der Waals surface area contributed by atoms with E-state index in [1.54, 1.807) is 0 Å². The quantitative estimate of drug-likeness (QED) is 0.818. The summed E-state index contributed by atoms with van der Waals surface area (Å²) >= 11 is 0. The average Bonchev–Trinajstić information content (AvgIpc) is 2.68. The highest BCUT2D eigenvalue weighted by atomic mass is 16.2. The lowest BCUT2D eigenvalue weighted by molar-refractivity contribution is -0.149. The third-order valence-corrected chi connectivity index (χ3v) is 6.70. The van der Waals surface area contributed by atoms with Crippen molar-refractivity contribution in [1.29, 1.82) is 0 Å². The van der Waals surface area contributed by atoms with Crippen molar-refractivity contribution < 1.29 is 9.59 Å². The van der Waals surface area contributed by atoms with Crippen LogP contribution in [0.4, 0.5) is 11.8 Å². The molecule has 0 spiro atoms. The van der Waals surface area contributed by atoms with Gasteiger partial charge in [-0.3, -0.25) is 9.59 Å². The van der Waals surface area contributed by atoms with E-state index in [4.69, 9.17) is 4.98 Å². The molecule has 4 rings (SSSR count). The van der Waals surface area contributed by atoms with Crippen molar-refractivity contribution in [3.05, 3.63) is 11.8 Å². The number of piperidine rings is 3. The van der Waals surface area contributed by atoms with Gasteiger partial charge in [-0.25, -0.2) is 4.98 Å². The summed E-state index contributed by atoms with van der Waals surface area (Å²) in [4.78, 5) is 40.3. The Balaban J connectivity index is 1.62. The number of fused-ring (bicyclic) bond motifs is 4. The normalized spacial score (nSPS) is 28.8. The monoisotopic (exact) mass is 400 g/mol. The number of carbonyl (C=O) groups is 2. The van der Waals surface area contributed by atoms with Gasteiger partial charge < -0.3 is 20.0 Å². The van der Waals surface area contributed by atoms with Crippen LogP contribution in [0.1, 0.15) is 38.2 Å². The summed E-state index contributed by atoms with van der Waals surface area (Å²) in [7, 11) is 4.00. The van der Waals surface area contributed by atoms with Crippen LogP contribution in [-0.4, -0.2) is 72.5 Å². The van der Waals surface area contributed by atoms with Crippen molar-refractivity contribution in [2.45, 2.75) is 51.6 Å². The predicted octanol–water partition coefficient (Wildman–Crippen LogP) is 1.19. The topological polar surface area (TPSA) is 81.7 Å². The number of anilines is 2. The maximum atomic E-state index is 12.8. The molecule has 4 atom stereocenters. The molecule has 3 aliphatic rings. The molecule has 2 amide bonds. The lowest BCUT2D eigenvalue weighted by atomic mass is 9.72. The van der Waals surface area contributed by atoms with E-state index in [1.165, 1.54) is 6.92 Å². The fraction of sp³-hybridized carbons (Fsp3) is 0.714. The molecule has 1 aromatic rings. The van der Waals surface area contributed by atoms with Crippen LogP contribution in [-0.2, 0) is 9.59 Å². The molecule has 0 aliphatic carbocycles. The number of hydrogen-bond donors (Lipinski definition) is 1. The zero-order valence-electron chi connectivity index (χ0n) is 17.9. The zero-order chi connectivity index (χ0) is 20.7. The molecule has 29 heavy (non-hydrogen) atoms. The minimum atomic E-state index is -0.0432. The second kappa shape index (κ2) is 7.80. The number of carbonyl (C=O) groups excluding carboxylic acids is 2. The van der Waals surface area contributed by atoms with Gasteiger partial charge in [0.15, 0.2) is 0 Å². The van der Waals surface area contributed by atoms with Crippen LogP contribution in [0, 0.1) is 18.8 Å². The fourth-order valence-electron chi connectivity index (χ4n) is 5.48. The van der Waals surface area contributed by atoms with Crippen LogP contribution in [0.15, 0.2) is 6.20 Å². The standard InChI is InChI=1S/C21H32N6O2/c1-13-9-23-21(24-20(13)25(3)4)26-11-15-8-16(12-26)18(10-22-14(2)28)27-17(15)6-5-7-19(27)29/h9,15-18H,5-8,10-12H2,1-4H3,(H,22,28)/t15-,16+,17+,18+/m1/s1. The highest BCUT2D eigenvalue weighted by Crippen LogP contribution is 2.42. The van der Waals surface area contributed by atoms with Gasteiger partial charge in [0.25, 0.3) is 0 Å². The average molecular weight is 401 g/mol. The first kappa shape index (κ1) is 19.9. The van der Waals surface area contributed by atoms with E-state index >= 15 is 0 Å². The first-order valence-corrected chi connectivity index (χ1v) is 10.7. The molecule has 8 nitrogen and oxygen atoms in total. The van der Waals surface area contributed by atoms with E-state index in [-0.39, 0.29) is 23.9 Å². The van der Waals surface area contributed by atoms with Gasteiger partial charge in [0.1, 0.15) is 5.82 Å². The van der Waals surface area contributed by atoms with Gasteiger partial charge in [-0.15, -0.1) is 0 Å². The Hall–Kier alpha value is -2.38.